The van der Waals surface area contributed by atoms with Crippen molar-refractivity contribution in [3.05, 3.63) is 86.5 Å². The van der Waals surface area contributed by atoms with E-state index in [0.717, 1.165) is 24.2 Å². The monoisotopic (exact) mass is 572 g/mol. The predicted molar refractivity (Wildman–Crippen MR) is 154 cm³/mol. The molecule has 2 atom stereocenters. The summed E-state index contributed by atoms with van der Waals surface area (Å²) in [4.78, 5) is 45.9. The largest absolute Gasteiger partial charge is 0.508 e. The molecule has 41 heavy (non-hydrogen) atoms. The van der Waals surface area contributed by atoms with Gasteiger partial charge in [-0.2, -0.15) is 5.26 Å². The van der Waals surface area contributed by atoms with Crippen LogP contribution in [0.3, 0.4) is 0 Å². The van der Waals surface area contributed by atoms with Crippen molar-refractivity contribution >= 4 is 39.4 Å². The van der Waals surface area contributed by atoms with Gasteiger partial charge in [0.1, 0.15) is 22.0 Å². The van der Waals surface area contributed by atoms with E-state index in [1.165, 1.54) is 22.1 Å². The number of carbonyl (C=O) groups excluding carboxylic acids is 1. The van der Waals surface area contributed by atoms with Gasteiger partial charge in [0.15, 0.2) is 0 Å². The number of aromatic nitrogens is 2. The SMILES string of the molecule is N#Cc1ccccc1Cn1c(N2CCCC(N)C2)nc2c(C(=O)NC(Cc3ccc(O)cc3)C(=O)O)csc2c1=O. The van der Waals surface area contributed by atoms with E-state index < -0.39 is 17.9 Å². The Morgan fingerprint density at radius 3 is 2.68 bits per heavy atom. The molecule has 0 saturated carbocycles. The molecule has 0 bridgehead atoms. The number of amides is 1. The number of aromatic hydroxyl groups is 1. The average molecular weight is 573 g/mol. The Kier molecular flexibility index (Phi) is 8.00. The quantitative estimate of drug-likeness (QED) is 0.247. The van der Waals surface area contributed by atoms with Crippen LogP contribution in [0.5, 0.6) is 5.75 Å². The molecule has 1 fully saturated rings. The van der Waals surface area contributed by atoms with Gasteiger partial charge in [0.25, 0.3) is 11.5 Å². The Bertz CT molecular complexity index is 1710. The number of carboxylic acids is 1. The minimum atomic E-state index is -1.25. The minimum absolute atomic E-state index is 0.00112. The van der Waals surface area contributed by atoms with Gasteiger partial charge in [-0.05, 0) is 42.2 Å². The molecule has 5 N–H and O–H groups in total. The van der Waals surface area contributed by atoms with Crippen LogP contribution in [0.4, 0.5) is 5.95 Å². The molecule has 2 aromatic carbocycles. The number of fused-ring (bicyclic) bond motifs is 1. The lowest BCUT2D eigenvalue weighted by Crippen LogP contribution is -2.45. The van der Waals surface area contributed by atoms with Crippen molar-refractivity contribution in [3.8, 4) is 11.8 Å². The van der Waals surface area contributed by atoms with E-state index >= 15 is 0 Å². The van der Waals surface area contributed by atoms with Gasteiger partial charge < -0.3 is 26.2 Å². The van der Waals surface area contributed by atoms with E-state index in [9.17, 15) is 29.9 Å². The summed E-state index contributed by atoms with van der Waals surface area (Å²) in [6.45, 7) is 1.20. The van der Waals surface area contributed by atoms with Gasteiger partial charge in [0.05, 0.1) is 23.7 Å². The zero-order valence-corrected chi connectivity index (χ0v) is 22.8. The molecule has 3 heterocycles. The van der Waals surface area contributed by atoms with E-state index in [1.807, 2.05) is 4.90 Å². The summed E-state index contributed by atoms with van der Waals surface area (Å²) in [7, 11) is 0. The molecule has 1 saturated heterocycles. The summed E-state index contributed by atoms with van der Waals surface area (Å²) in [5, 5.41) is 32.9. The minimum Gasteiger partial charge on any atom is -0.508 e. The van der Waals surface area contributed by atoms with Gasteiger partial charge in [-0.1, -0.05) is 30.3 Å². The Morgan fingerprint density at radius 1 is 1.22 bits per heavy atom. The van der Waals surface area contributed by atoms with Crippen molar-refractivity contribution in [2.45, 2.75) is 37.9 Å². The average Bonchev–Trinajstić information content (AvgIpc) is 3.40. The third kappa shape index (κ3) is 5.91. The third-order valence-corrected chi connectivity index (χ3v) is 8.05. The topological polar surface area (TPSA) is 175 Å². The Balaban J connectivity index is 1.54. The number of benzene rings is 2. The van der Waals surface area contributed by atoms with Gasteiger partial charge in [0, 0.05) is 30.9 Å². The van der Waals surface area contributed by atoms with Crippen LogP contribution in [-0.2, 0) is 17.8 Å². The highest BCUT2D eigenvalue weighted by Gasteiger charge is 2.28. The van der Waals surface area contributed by atoms with Gasteiger partial charge in [-0.3, -0.25) is 14.2 Å². The number of nitriles is 1. The van der Waals surface area contributed by atoms with Crippen molar-refractivity contribution < 1.29 is 19.8 Å². The molecule has 5 rings (SSSR count). The molecule has 2 unspecified atom stereocenters. The standard InChI is InChI=1S/C29H28N6O5S/c30-13-18-4-1-2-5-19(18)14-35-27(38)25-24(33-29(35)34-11-3-6-20(31)15-34)22(16-41-25)26(37)32-23(28(39)40)12-17-7-9-21(36)10-8-17/h1-2,4-5,7-10,16,20,23,36H,3,6,11-12,14-15,31H2,(H,32,37)(H,39,40). The third-order valence-electron chi connectivity index (χ3n) is 7.09. The predicted octanol–water partition coefficient (Wildman–Crippen LogP) is 2.44. The number of hydrogen-bond acceptors (Lipinski definition) is 9. The molecule has 0 aliphatic carbocycles. The Hall–Kier alpha value is -4.73. The number of nitrogens with one attached hydrogen (secondary N) is 1. The van der Waals surface area contributed by atoms with Gasteiger partial charge in [-0.25, -0.2) is 9.78 Å². The number of thiophene rings is 1. The summed E-state index contributed by atoms with van der Waals surface area (Å²) in [5.41, 5.74) is 7.89. The van der Waals surface area contributed by atoms with E-state index in [2.05, 4.69) is 11.4 Å². The first kappa shape index (κ1) is 27.8. The molecule has 4 aromatic rings. The molecule has 12 heteroatoms. The number of carboxylic acid groups (broad SMARTS) is 1. The molecule has 0 spiro atoms. The maximum atomic E-state index is 13.9. The summed E-state index contributed by atoms with van der Waals surface area (Å²) in [6, 6.07) is 13.9. The van der Waals surface area contributed by atoms with Crippen LogP contribution in [0.15, 0.2) is 58.7 Å². The number of phenolic OH excluding ortho intramolecular Hbond substituents is 1. The summed E-state index contributed by atoms with van der Waals surface area (Å²) in [5.74, 6) is -1.49. The first-order chi connectivity index (χ1) is 19.7. The number of hydrogen-bond donors (Lipinski definition) is 4. The lowest BCUT2D eigenvalue weighted by atomic mass is 10.1. The lowest BCUT2D eigenvalue weighted by molar-refractivity contribution is -0.139. The number of aliphatic carboxylic acids is 1. The van der Waals surface area contributed by atoms with Crippen LogP contribution in [0.1, 0.15) is 39.9 Å². The molecule has 1 aliphatic heterocycles. The molecule has 1 amide bonds. The summed E-state index contributed by atoms with van der Waals surface area (Å²) < 4.78 is 1.76. The van der Waals surface area contributed by atoms with Crippen molar-refractivity contribution in [1.82, 2.24) is 14.9 Å². The van der Waals surface area contributed by atoms with Gasteiger partial charge in [0.2, 0.25) is 5.95 Å². The van der Waals surface area contributed by atoms with Crippen molar-refractivity contribution in [1.29, 1.82) is 5.26 Å². The van der Waals surface area contributed by atoms with E-state index in [0.29, 0.717) is 35.7 Å². The highest BCUT2D eigenvalue weighted by molar-refractivity contribution is 7.17. The molecule has 210 valence electrons. The van der Waals surface area contributed by atoms with Crippen LogP contribution in [-0.4, -0.2) is 56.8 Å². The molecule has 2 aromatic heterocycles. The zero-order chi connectivity index (χ0) is 29.1. The number of nitrogens with two attached hydrogens (primary N) is 1. The van der Waals surface area contributed by atoms with Gasteiger partial charge in [-0.15, -0.1) is 11.3 Å². The molecule has 11 nitrogen and oxygen atoms in total. The van der Waals surface area contributed by atoms with Crippen LogP contribution >= 0.6 is 11.3 Å². The fraction of sp³-hybridized carbons (Fsp3) is 0.276. The summed E-state index contributed by atoms with van der Waals surface area (Å²) >= 11 is 1.06. The number of carbonyl (C=O) groups is 2. The van der Waals surface area contributed by atoms with Crippen LogP contribution in [0, 0.1) is 11.3 Å². The first-order valence-corrected chi connectivity index (χ1v) is 13.9. The van der Waals surface area contributed by atoms with E-state index in [4.69, 9.17) is 10.7 Å². The lowest BCUT2D eigenvalue weighted by Gasteiger charge is -2.33. The van der Waals surface area contributed by atoms with E-state index in [-0.39, 0.29) is 46.1 Å². The van der Waals surface area contributed by atoms with Crippen molar-refractivity contribution in [3.63, 3.8) is 0 Å². The molecular weight excluding hydrogens is 544 g/mol. The van der Waals surface area contributed by atoms with Crippen LogP contribution in [0.2, 0.25) is 0 Å². The zero-order valence-electron chi connectivity index (χ0n) is 22.0. The van der Waals surface area contributed by atoms with Gasteiger partial charge >= 0.3 is 5.97 Å². The number of anilines is 1. The molecule has 0 radical (unpaired) electrons. The summed E-state index contributed by atoms with van der Waals surface area (Å²) in [6.07, 6.45) is 1.64. The number of piperidine rings is 1. The maximum absolute atomic E-state index is 13.9. The second-order valence-electron chi connectivity index (χ2n) is 9.98. The van der Waals surface area contributed by atoms with Crippen LogP contribution < -0.4 is 21.5 Å². The first-order valence-electron chi connectivity index (χ1n) is 13.1. The Labute approximate surface area is 239 Å². The normalized spacial score (nSPS) is 15.8. The highest BCUT2D eigenvalue weighted by Crippen LogP contribution is 2.27. The number of rotatable bonds is 8. The fourth-order valence-electron chi connectivity index (χ4n) is 4.97. The maximum Gasteiger partial charge on any atom is 0.326 e. The van der Waals surface area contributed by atoms with Crippen LogP contribution in [0.25, 0.3) is 10.2 Å². The molecular formula is C29H28N6O5S. The second-order valence-corrected chi connectivity index (χ2v) is 10.9. The van der Waals surface area contributed by atoms with Crippen molar-refractivity contribution in [2.75, 3.05) is 18.0 Å². The highest BCUT2D eigenvalue weighted by atomic mass is 32.1. The Morgan fingerprint density at radius 2 is 1.98 bits per heavy atom. The molecule has 1 aliphatic rings. The number of phenols is 1. The number of nitrogens with zero attached hydrogens (tertiary/aromatic N) is 4. The van der Waals surface area contributed by atoms with E-state index in [1.54, 1.807) is 36.4 Å². The fourth-order valence-corrected chi connectivity index (χ4v) is 5.90. The van der Waals surface area contributed by atoms with Crippen molar-refractivity contribution in [2.24, 2.45) is 5.73 Å². The smallest absolute Gasteiger partial charge is 0.326 e. The second kappa shape index (κ2) is 11.8.